The Balaban J connectivity index is 1.04. The van der Waals surface area contributed by atoms with Crippen LogP contribution in [0.2, 0.25) is 0 Å². The van der Waals surface area contributed by atoms with E-state index in [9.17, 15) is 0 Å². The second-order valence-corrected chi connectivity index (χ2v) is 13.8. The van der Waals surface area contributed by atoms with Crippen molar-refractivity contribution in [1.29, 1.82) is 0 Å². The van der Waals surface area contributed by atoms with Crippen molar-refractivity contribution in [3.05, 3.63) is 237 Å². The van der Waals surface area contributed by atoms with E-state index >= 15 is 0 Å². The standard InChI is InChI=1S/C54H39N/c1-4-12-40(13-5-1)43-20-22-45(23-21-43)47-30-36-51(37-31-47)55(50-34-28-46(29-35-50)42-16-8-3-9-17-42)52-38-32-49(33-39-52)54-19-11-10-18-53(54)48-26-24-44(25-27-48)41-14-6-2-7-15-41/h1-39H. The van der Waals surface area contributed by atoms with Gasteiger partial charge in [-0.2, -0.15) is 0 Å². The quantitative estimate of drug-likeness (QED) is 0.145. The van der Waals surface area contributed by atoms with Gasteiger partial charge in [-0.3, -0.25) is 0 Å². The van der Waals surface area contributed by atoms with Gasteiger partial charge in [0.2, 0.25) is 0 Å². The SMILES string of the molecule is c1ccc(-c2ccc(-c3ccc(N(c4ccc(-c5ccccc5)cc4)c4ccc(-c5ccccc5-c5ccc(-c6ccccc6)cc5)cc4)cc3)cc2)cc1. The van der Waals surface area contributed by atoms with Gasteiger partial charge in [-0.05, 0) is 103 Å². The Hall–Kier alpha value is -7.22. The summed E-state index contributed by atoms with van der Waals surface area (Å²) in [5.74, 6) is 0. The first-order valence-corrected chi connectivity index (χ1v) is 18.8. The fourth-order valence-electron chi connectivity index (χ4n) is 7.42. The topological polar surface area (TPSA) is 3.24 Å². The van der Waals surface area contributed by atoms with Gasteiger partial charge in [0.25, 0.3) is 0 Å². The average molecular weight is 702 g/mol. The van der Waals surface area contributed by atoms with Gasteiger partial charge in [-0.1, -0.05) is 200 Å². The Morgan fingerprint density at radius 2 is 0.364 bits per heavy atom. The molecule has 55 heavy (non-hydrogen) atoms. The highest BCUT2D eigenvalue weighted by Crippen LogP contribution is 2.39. The monoisotopic (exact) mass is 701 g/mol. The number of anilines is 3. The lowest BCUT2D eigenvalue weighted by Gasteiger charge is -2.26. The Morgan fingerprint density at radius 3 is 0.655 bits per heavy atom. The van der Waals surface area contributed by atoms with E-state index in [4.69, 9.17) is 0 Å². The van der Waals surface area contributed by atoms with Crippen LogP contribution in [0.5, 0.6) is 0 Å². The summed E-state index contributed by atoms with van der Waals surface area (Å²) in [4.78, 5) is 2.34. The van der Waals surface area contributed by atoms with Crippen molar-refractivity contribution < 1.29 is 0 Å². The van der Waals surface area contributed by atoms with Crippen LogP contribution in [0, 0.1) is 0 Å². The first kappa shape index (κ1) is 33.6. The number of hydrogen-bond donors (Lipinski definition) is 0. The number of nitrogens with zero attached hydrogens (tertiary/aromatic N) is 1. The van der Waals surface area contributed by atoms with Crippen molar-refractivity contribution in [2.45, 2.75) is 0 Å². The molecule has 0 aliphatic heterocycles. The molecule has 9 rings (SSSR count). The second-order valence-electron chi connectivity index (χ2n) is 13.8. The van der Waals surface area contributed by atoms with Crippen LogP contribution < -0.4 is 4.90 Å². The molecule has 0 saturated carbocycles. The van der Waals surface area contributed by atoms with Crippen LogP contribution in [0.1, 0.15) is 0 Å². The third-order valence-corrected chi connectivity index (χ3v) is 10.4. The first-order valence-electron chi connectivity index (χ1n) is 18.8. The lowest BCUT2D eigenvalue weighted by atomic mass is 9.93. The molecule has 0 radical (unpaired) electrons. The molecule has 260 valence electrons. The molecule has 0 spiro atoms. The lowest BCUT2D eigenvalue weighted by Crippen LogP contribution is -2.09. The Morgan fingerprint density at radius 1 is 0.164 bits per heavy atom. The van der Waals surface area contributed by atoms with Crippen LogP contribution in [0.3, 0.4) is 0 Å². The zero-order chi connectivity index (χ0) is 36.8. The maximum atomic E-state index is 2.34. The Bertz CT molecular complexity index is 2610. The van der Waals surface area contributed by atoms with E-state index in [1.165, 1.54) is 66.8 Å². The first-order chi connectivity index (χ1) is 27.3. The molecule has 1 heteroatoms. The zero-order valence-electron chi connectivity index (χ0n) is 30.5. The van der Waals surface area contributed by atoms with Crippen LogP contribution in [0.25, 0.3) is 66.8 Å². The predicted octanol–water partition coefficient (Wildman–Crippen LogP) is 15.2. The van der Waals surface area contributed by atoms with Crippen LogP contribution in [-0.2, 0) is 0 Å². The number of benzene rings is 9. The summed E-state index contributed by atoms with van der Waals surface area (Å²) >= 11 is 0. The molecule has 0 unspecified atom stereocenters. The fourth-order valence-corrected chi connectivity index (χ4v) is 7.42. The molecule has 0 aliphatic carbocycles. The van der Waals surface area contributed by atoms with Gasteiger partial charge in [-0.25, -0.2) is 0 Å². The summed E-state index contributed by atoms with van der Waals surface area (Å²) in [5, 5.41) is 0. The smallest absolute Gasteiger partial charge is 0.0462 e. The van der Waals surface area contributed by atoms with Gasteiger partial charge < -0.3 is 4.90 Å². The molecule has 9 aromatic carbocycles. The van der Waals surface area contributed by atoms with E-state index in [1.807, 2.05) is 0 Å². The molecule has 0 N–H and O–H groups in total. The Kier molecular flexibility index (Phi) is 9.41. The molecular weight excluding hydrogens is 663 g/mol. The summed E-state index contributed by atoms with van der Waals surface area (Å²) in [5.41, 5.74) is 17.8. The van der Waals surface area contributed by atoms with Gasteiger partial charge in [0.15, 0.2) is 0 Å². The van der Waals surface area contributed by atoms with Gasteiger partial charge in [0.1, 0.15) is 0 Å². The number of rotatable bonds is 9. The van der Waals surface area contributed by atoms with Crippen molar-refractivity contribution in [2.24, 2.45) is 0 Å². The van der Waals surface area contributed by atoms with Crippen LogP contribution in [0.4, 0.5) is 17.1 Å². The van der Waals surface area contributed by atoms with E-state index in [0.29, 0.717) is 0 Å². The van der Waals surface area contributed by atoms with Crippen LogP contribution in [-0.4, -0.2) is 0 Å². The van der Waals surface area contributed by atoms with Gasteiger partial charge in [0, 0.05) is 17.1 Å². The molecular formula is C54H39N. The average Bonchev–Trinajstić information content (AvgIpc) is 3.28. The maximum Gasteiger partial charge on any atom is 0.0462 e. The van der Waals surface area contributed by atoms with E-state index in [0.717, 1.165) is 17.1 Å². The maximum absolute atomic E-state index is 2.34. The summed E-state index contributed by atoms with van der Waals surface area (Å²) in [6.45, 7) is 0. The second kappa shape index (κ2) is 15.4. The van der Waals surface area contributed by atoms with Crippen LogP contribution in [0.15, 0.2) is 237 Å². The highest BCUT2D eigenvalue weighted by Gasteiger charge is 2.15. The molecule has 0 saturated heterocycles. The minimum absolute atomic E-state index is 1.10. The highest BCUT2D eigenvalue weighted by atomic mass is 15.1. The van der Waals surface area contributed by atoms with E-state index in [-0.39, 0.29) is 0 Å². The third-order valence-electron chi connectivity index (χ3n) is 10.4. The summed E-state index contributed by atoms with van der Waals surface area (Å²) in [6, 6.07) is 84.9. The molecule has 0 amide bonds. The molecule has 0 aliphatic rings. The van der Waals surface area contributed by atoms with Crippen molar-refractivity contribution >= 4 is 17.1 Å². The fraction of sp³-hybridized carbons (Fsp3) is 0. The largest absolute Gasteiger partial charge is 0.311 e. The van der Waals surface area contributed by atoms with Gasteiger partial charge in [0.05, 0.1) is 0 Å². The molecule has 1 nitrogen and oxygen atoms in total. The predicted molar refractivity (Wildman–Crippen MR) is 234 cm³/mol. The lowest BCUT2D eigenvalue weighted by molar-refractivity contribution is 1.28. The molecule has 9 aromatic rings. The summed E-state index contributed by atoms with van der Waals surface area (Å²) in [7, 11) is 0. The van der Waals surface area contributed by atoms with Gasteiger partial charge in [-0.15, -0.1) is 0 Å². The summed E-state index contributed by atoms with van der Waals surface area (Å²) < 4.78 is 0. The molecule has 0 heterocycles. The minimum atomic E-state index is 1.10. The van der Waals surface area contributed by atoms with Gasteiger partial charge >= 0.3 is 0 Å². The third kappa shape index (κ3) is 7.25. The normalized spacial score (nSPS) is 10.9. The molecule has 0 aromatic heterocycles. The van der Waals surface area contributed by atoms with Crippen molar-refractivity contribution in [3.8, 4) is 66.8 Å². The highest BCUT2D eigenvalue weighted by molar-refractivity contribution is 5.86. The van der Waals surface area contributed by atoms with E-state index in [1.54, 1.807) is 0 Å². The van der Waals surface area contributed by atoms with Crippen LogP contribution >= 0.6 is 0 Å². The molecule has 0 fully saturated rings. The minimum Gasteiger partial charge on any atom is -0.311 e. The van der Waals surface area contributed by atoms with E-state index in [2.05, 4.69) is 241 Å². The van der Waals surface area contributed by atoms with E-state index < -0.39 is 0 Å². The van der Waals surface area contributed by atoms with Crippen molar-refractivity contribution in [1.82, 2.24) is 0 Å². The van der Waals surface area contributed by atoms with Crippen molar-refractivity contribution in [3.63, 3.8) is 0 Å². The van der Waals surface area contributed by atoms with Crippen molar-refractivity contribution in [2.75, 3.05) is 4.90 Å². The number of hydrogen-bond acceptors (Lipinski definition) is 1. The Labute approximate surface area is 324 Å². The molecule has 0 bridgehead atoms. The zero-order valence-corrected chi connectivity index (χ0v) is 30.5. The summed E-state index contributed by atoms with van der Waals surface area (Å²) in [6.07, 6.45) is 0. The molecule has 0 atom stereocenters.